The largest absolute Gasteiger partial charge is 0.457 e. The van der Waals surface area contributed by atoms with E-state index in [0.29, 0.717) is 28.6 Å². The van der Waals surface area contributed by atoms with Crippen LogP contribution in [0.4, 0.5) is 11.5 Å². The number of aromatic amines is 1. The molecular weight excluding hydrogens is 404 g/mol. The zero-order chi connectivity index (χ0) is 21.9. The fourth-order valence-corrected chi connectivity index (χ4v) is 3.32. The summed E-state index contributed by atoms with van der Waals surface area (Å²) in [6.45, 7) is 0. The molecule has 0 aliphatic carbocycles. The topological polar surface area (TPSA) is 108 Å². The first-order chi connectivity index (χ1) is 15.7. The van der Waals surface area contributed by atoms with Crippen LogP contribution in [-0.2, 0) is 0 Å². The number of hydrogen-bond acceptors (Lipinski definition) is 6. The van der Waals surface area contributed by atoms with Crippen LogP contribution in [0, 0.1) is 11.3 Å². The summed E-state index contributed by atoms with van der Waals surface area (Å²) in [6.07, 6.45) is 4.81. The van der Waals surface area contributed by atoms with E-state index in [2.05, 4.69) is 26.5 Å². The summed E-state index contributed by atoms with van der Waals surface area (Å²) in [5.74, 6) is 1.72. The van der Waals surface area contributed by atoms with Gasteiger partial charge >= 0.3 is 0 Å². The number of nitrogens with zero attached hydrogens (tertiary/aromatic N) is 4. The molecule has 0 saturated heterocycles. The Morgan fingerprint density at radius 1 is 0.969 bits per heavy atom. The molecule has 8 heteroatoms. The molecule has 0 atom stereocenters. The number of pyridine rings is 1. The Kier molecular flexibility index (Phi) is 4.82. The average Bonchev–Trinajstić information content (AvgIpc) is 3.20. The first-order valence-corrected chi connectivity index (χ1v) is 9.77. The normalized spacial score (nSPS) is 10.6. The number of anilines is 2. The lowest BCUT2D eigenvalue weighted by atomic mass is 10.1. The molecule has 0 amide bonds. The number of ether oxygens (including phenoxy) is 1. The van der Waals surface area contributed by atoms with Crippen LogP contribution in [0.2, 0.25) is 0 Å². The summed E-state index contributed by atoms with van der Waals surface area (Å²) < 4.78 is 7.05. The highest BCUT2D eigenvalue weighted by molar-refractivity contribution is 5.73. The van der Waals surface area contributed by atoms with Gasteiger partial charge in [-0.2, -0.15) is 9.78 Å². The van der Waals surface area contributed by atoms with Gasteiger partial charge in [0.15, 0.2) is 5.65 Å². The van der Waals surface area contributed by atoms with Crippen molar-refractivity contribution in [2.45, 2.75) is 0 Å². The molecule has 0 unspecified atom stereocenters. The first kappa shape index (κ1) is 19.1. The second-order valence-corrected chi connectivity index (χ2v) is 6.91. The lowest BCUT2D eigenvalue weighted by molar-refractivity contribution is 0.482. The summed E-state index contributed by atoms with van der Waals surface area (Å²) in [5.41, 5.74) is 2.14. The van der Waals surface area contributed by atoms with E-state index < -0.39 is 0 Å². The van der Waals surface area contributed by atoms with Crippen LogP contribution in [0.15, 0.2) is 90.1 Å². The number of benzene rings is 2. The maximum atomic E-state index is 13.0. The van der Waals surface area contributed by atoms with Crippen molar-refractivity contribution in [3.05, 3.63) is 101 Å². The molecule has 0 spiro atoms. The molecule has 3 aromatic heterocycles. The highest BCUT2D eigenvalue weighted by Crippen LogP contribution is 2.26. The number of rotatable bonds is 5. The Morgan fingerprint density at radius 2 is 1.69 bits per heavy atom. The molecule has 0 radical (unpaired) electrons. The molecule has 3 heterocycles. The van der Waals surface area contributed by atoms with E-state index in [9.17, 15) is 10.1 Å². The summed E-state index contributed by atoms with van der Waals surface area (Å²) in [7, 11) is 0. The molecular formula is C24H16N6O2. The van der Waals surface area contributed by atoms with Crippen molar-refractivity contribution in [1.29, 1.82) is 5.26 Å². The van der Waals surface area contributed by atoms with E-state index >= 15 is 0 Å². The van der Waals surface area contributed by atoms with Gasteiger partial charge in [0, 0.05) is 24.3 Å². The Hall–Kier alpha value is -4.90. The predicted octanol–water partition coefficient (Wildman–Crippen LogP) is 4.49. The lowest BCUT2D eigenvalue weighted by Crippen LogP contribution is -2.17. The molecule has 8 nitrogen and oxygen atoms in total. The zero-order valence-electron chi connectivity index (χ0n) is 16.7. The van der Waals surface area contributed by atoms with Gasteiger partial charge in [-0.1, -0.05) is 30.3 Å². The van der Waals surface area contributed by atoms with Gasteiger partial charge in [-0.15, -0.1) is 0 Å². The standard InChI is InChI=1S/C24H16N6O2/c25-14-20-22(28-17-6-8-18(9-7-17)32-19-10-12-26-13-11-19)29-30-23(20)27-15-21(24(30)31)16-4-2-1-3-5-16/h1-13,15,28-29H. The molecule has 2 N–H and O–H groups in total. The molecule has 32 heavy (non-hydrogen) atoms. The summed E-state index contributed by atoms with van der Waals surface area (Å²) >= 11 is 0. The van der Waals surface area contributed by atoms with E-state index in [0.717, 1.165) is 5.56 Å². The monoisotopic (exact) mass is 420 g/mol. The molecule has 0 aliphatic heterocycles. The third-order valence-corrected chi connectivity index (χ3v) is 4.86. The number of nitrogens with one attached hydrogen (secondary N) is 2. The van der Waals surface area contributed by atoms with Gasteiger partial charge in [0.25, 0.3) is 5.56 Å². The van der Waals surface area contributed by atoms with Crippen LogP contribution < -0.4 is 15.6 Å². The SMILES string of the molecule is N#Cc1c(Nc2ccc(Oc3ccncc3)cc2)[nH]n2c(=O)c(-c3ccccc3)cnc12. The van der Waals surface area contributed by atoms with Gasteiger partial charge in [-0.3, -0.25) is 14.9 Å². The van der Waals surface area contributed by atoms with E-state index in [1.807, 2.05) is 42.5 Å². The van der Waals surface area contributed by atoms with Crippen molar-refractivity contribution in [1.82, 2.24) is 19.6 Å². The van der Waals surface area contributed by atoms with E-state index in [4.69, 9.17) is 4.74 Å². The van der Waals surface area contributed by atoms with Gasteiger partial charge in [-0.05, 0) is 42.0 Å². The Bertz CT molecular complexity index is 1480. The van der Waals surface area contributed by atoms with Gasteiger partial charge in [0.2, 0.25) is 0 Å². The van der Waals surface area contributed by atoms with E-state index in [1.165, 1.54) is 10.7 Å². The number of hydrogen-bond donors (Lipinski definition) is 2. The quantitative estimate of drug-likeness (QED) is 0.434. The highest BCUT2D eigenvalue weighted by Gasteiger charge is 2.16. The third-order valence-electron chi connectivity index (χ3n) is 4.86. The van der Waals surface area contributed by atoms with E-state index in [-0.39, 0.29) is 16.8 Å². The summed E-state index contributed by atoms with van der Waals surface area (Å²) in [4.78, 5) is 21.3. The van der Waals surface area contributed by atoms with Crippen LogP contribution in [0.5, 0.6) is 11.5 Å². The van der Waals surface area contributed by atoms with Crippen LogP contribution >= 0.6 is 0 Å². The van der Waals surface area contributed by atoms with E-state index in [1.54, 1.807) is 36.7 Å². The molecule has 154 valence electrons. The maximum absolute atomic E-state index is 13.0. The minimum absolute atomic E-state index is 0.249. The second-order valence-electron chi connectivity index (χ2n) is 6.91. The molecule has 5 aromatic rings. The van der Waals surface area contributed by atoms with Crippen molar-refractivity contribution in [2.24, 2.45) is 0 Å². The Morgan fingerprint density at radius 3 is 2.41 bits per heavy atom. The maximum Gasteiger partial charge on any atom is 0.280 e. The molecule has 0 aliphatic rings. The van der Waals surface area contributed by atoms with Gasteiger partial charge in [0.05, 0.1) is 5.56 Å². The van der Waals surface area contributed by atoms with Crippen LogP contribution in [0.3, 0.4) is 0 Å². The van der Waals surface area contributed by atoms with Crippen molar-refractivity contribution in [3.8, 4) is 28.7 Å². The van der Waals surface area contributed by atoms with Crippen molar-refractivity contribution >= 4 is 17.2 Å². The fourth-order valence-electron chi connectivity index (χ4n) is 3.32. The number of H-pyrrole nitrogens is 1. The van der Waals surface area contributed by atoms with Gasteiger partial charge in [0.1, 0.15) is 28.9 Å². The molecule has 5 rings (SSSR count). The number of aromatic nitrogens is 4. The van der Waals surface area contributed by atoms with Crippen molar-refractivity contribution < 1.29 is 4.74 Å². The van der Waals surface area contributed by atoms with Gasteiger partial charge in [-0.25, -0.2) is 4.98 Å². The smallest absolute Gasteiger partial charge is 0.280 e. The molecule has 2 aromatic carbocycles. The van der Waals surface area contributed by atoms with Crippen LogP contribution in [0.25, 0.3) is 16.8 Å². The van der Waals surface area contributed by atoms with Crippen molar-refractivity contribution in [2.75, 3.05) is 5.32 Å². The third kappa shape index (κ3) is 3.55. The molecule has 0 fully saturated rings. The van der Waals surface area contributed by atoms with Crippen LogP contribution in [0.1, 0.15) is 5.56 Å². The molecule has 0 bridgehead atoms. The fraction of sp³-hybridized carbons (Fsp3) is 0. The predicted molar refractivity (Wildman–Crippen MR) is 120 cm³/mol. The minimum atomic E-state index is -0.285. The molecule has 0 saturated carbocycles. The highest BCUT2D eigenvalue weighted by atomic mass is 16.5. The van der Waals surface area contributed by atoms with Gasteiger partial charge < -0.3 is 10.1 Å². The average molecular weight is 420 g/mol. The number of fused-ring (bicyclic) bond motifs is 1. The summed E-state index contributed by atoms with van der Waals surface area (Å²) in [6, 6.07) is 22.2. The number of nitriles is 1. The Balaban J connectivity index is 1.46. The van der Waals surface area contributed by atoms with Crippen LogP contribution in [-0.4, -0.2) is 19.6 Å². The lowest BCUT2D eigenvalue weighted by Gasteiger charge is -2.07. The second kappa shape index (κ2) is 8.08. The summed E-state index contributed by atoms with van der Waals surface area (Å²) in [5, 5.41) is 15.8. The minimum Gasteiger partial charge on any atom is -0.457 e. The van der Waals surface area contributed by atoms with Crippen molar-refractivity contribution in [3.63, 3.8) is 0 Å². The Labute approximate surface area is 182 Å². The first-order valence-electron chi connectivity index (χ1n) is 9.77. The zero-order valence-corrected chi connectivity index (χ0v) is 16.7.